The molecule has 18 heavy (non-hydrogen) atoms. The highest BCUT2D eigenvalue weighted by molar-refractivity contribution is 7.99. The first-order valence-electron chi connectivity index (χ1n) is 4.97. The Balaban J connectivity index is 2.66. The molecule has 0 spiro atoms. The van der Waals surface area contributed by atoms with Crippen LogP contribution in [-0.2, 0) is 9.59 Å². The Hall–Kier alpha value is -0.910. The zero-order valence-corrected chi connectivity index (χ0v) is 11.8. The molecule has 0 saturated heterocycles. The SMILES string of the molecule is CC(=O)NC(CSc1cc(Cl)cc(Cl)c1)C(=O)O. The van der Waals surface area contributed by atoms with Crippen molar-refractivity contribution in [3.63, 3.8) is 0 Å². The lowest BCUT2D eigenvalue weighted by Crippen LogP contribution is -2.41. The van der Waals surface area contributed by atoms with Gasteiger partial charge in [0.1, 0.15) is 6.04 Å². The molecule has 0 aliphatic heterocycles. The first kappa shape index (κ1) is 15.1. The van der Waals surface area contributed by atoms with Gasteiger partial charge in [-0.3, -0.25) is 4.79 Å². The number of carbonyl (C=O) groups excluding carboxylic acids is 1. The standard InChI is InChI=1S/C11H11Cl2NO3S/c1-6(15)14-10(11(16)17)5-18-9-3-7(12)2-8(13)4-9/h2-4,10H,5H2,1H3,(H,14,15)(H,16,17). The number of benzene rings is 1. The van der Waals surface area contributed by atoms with Gasteiger partial charge in [0, 0.05) is 27.6 Å². The molecule has 0 heterocycles. The van der Waals surface area contributed by atoms with E-state index in [4.69, 9.17) is 28.3 Å². The molecule has 2 N–H and O–H groups in total. The van der Waals surface area contributed by atoms with Crippen LogP contribution in [0.4, 0.5) is 0 Å². The van der Waals surface area contributed by atoms with Gasteiger partial charge in [0.25, 0.3) is 0 Å². The second-order valence-corrected chi connectivity index (χ2v) is 5.47. The number of carboxylic acid groups (broad SMARTS) is 1. The number of rotatable bonds is 5. The summed E-state index contributed by atoms with van der Waals surface area (Å²) < 4.78 is 0. The van der Waals surface area contributed by atoms with E-state index in [9.17, 15) is 9.59 Å². The number of carbonyl (C=O) groups is 2. The van der Waals surface area contributed by atoms with Crippen molar-refractivity contribution in [2.75, 3.05) is 5.75 Å². The van der Waals surface area contributed by atoms with E-state index in [2.05, 4.69) is 5.32 Å². The lowest BCUT2D eigenvalue weighted by molar-refractivity contribution is -0.140. The van der Waals surface area contributed by atoms with Crippen molar-refractivity contribution in [3.8, 4) is 0 Å². The Morgan fingerprint density at radius 1 is 1.33 bits per heavy atom. The highest BCUT2D eigenvalue weighted by Crippen LogP contribution is 2.26. The van der Waals surface area contributed by atoms with E-state index in [1.807, 2.05) is 0 Å². The van der Waals surface area contributed by atoms with Gasteiger partial charge in [-0.15, -0.1) is 11.8 Å². The van der Waals surface area contributed by atoms with Crippen molar-refractivity contribution >= 4 is 46.8 Å². The molecule has 0 aliphatic carbocycles. The Morgan fingerprint density at radius 2 is 1.89 bits per heavy atom. The summed E-state index contributed by atoms with van der Waals surface area (Å²) in [6.45, 7) is 1.27. The van der Waals surface area contributed by atoms with Crippen LogP contribution >= 0.6 is 35.0 Å². The van der Waals surface area contributed by atoms with E-state index in [1.54, 1.807) is 18.2 Å². The smallest absolute Gasteiger partial charge is 0.327 e. The lowest BCUT2D eigenvalue weighted by atomic mass is 10.3. The molecule has 0 aromatic heterocycles. The van der Waals surface area contributed by atoms with Gasteiger partial charge in [-0.2, -0.15) is 0 Å². The molecule has 1 amide bonds. The normalized spacial score (nSPS) is 11.9. The number of aliphatic carboxylic acids is 1. The van der Waals surface area contributed by atoms with Crippen LogP contribution in [0.2, 0.25) is 10.0 Å². The Bertz CT molecular complexity index is 447. The van der Waals surface area contributed by atoms with Gasteiger partial charge in [-0.25, -0.2) is 4.79 Å². The van der Waals surface area contributed by atoms with E-state index in [1.165, 1.54) is 18.7 Å². The molecule has 7 heteroatoms. The maximum absolute atomic E-state index is 10.9. The van der Waals surface area contributed by atoms with Crippen molar-refractivity contribution in [1.82, 2.24) is 5.32 Å². The van der Waals surface area contributed by atoms with Crippen LogP contribution in [0.1, 0.15) is 6.92 Å². The molecule has 4 nitrogen and oxygen atoms in total. The quantitative estimate of drug-likeness (QED) is 0.821. The number of halogens is 2. The Labute approximate surface area is 119 Å². The van der Waals surface area contributed by atoms with Crippen LogP contribution in [0.15, 0.2) is 23.1 Å². The highest BCUT2D eigenvalue weighted by Gasteiger charge is 2.18. The number of nitrogens with one attached hydrogen (secondary N) is 1. The second kappa shape index (κ2) is 6.87. The van der Waals surface area contributed by atoms with Gasteiger partial charge in [0.15, 0.2) is 0 Å². The number of thioether (sulfide) groups is 1. The fraction of sp³-hybridized carbons (Fsp3) is 0.273. The minimum atomic E-state index is -1.08. The molecule has 1 rings (SSSR count). The molecule has 0 saturated carbocycles. The van der Waals surface area contributed by atoms with Gasteiger partial charge in [0.05, 0.1) is 0 Å². The Kier molecular flexibility index (Phi) is 5.78. The summed E-state index contributed by atoms with van der Waals surface area (Å²) >= 11 is 12.9. The second-order valence-electron chi connectivity index (χ2n) is 3.51. The van der Waals surface area contributed by atoms with Gasteiger partial charge in [-0.1, -0.05) is 23.2 Å². The third kappa shape index (κ3) is 5.16. The summed E-state index contributed by atoms with van der Waals surface area (Å²) in [5.41, 5.74) is 0. The number of hydrogen-bond acceptors (Lipinski definition) is 3. The third-order valence-corrected chi connectivity index (χ3v) is 3.43. The molecule has 0 bridgehead atoms. The first-order valence-corrected chi connectivity index (χ1v) is 6.71. The molecule has 1 atom stereocenters. The minimum Gasteiger partial charge on any atom is -0.480 e. The minimum absolute atomic E-state index is 0.200. The molecule has 98 valence electrons. The van der Waals surface area contributed by atoms with E-state index in [0.717, 1.165) is 4.90 Å². The lowest BCUT2D eigenvalue weighted by Gasteiger charge is -2.12. The maximum Gasteiger partial charge on any atom is 0.327 e. The van der Waals surface area contributed by atoms with E-state index >= 15 is 0 Å². The van der Waals surface area contributed by atoms with Crippen molar-refractivity contribution in [3.05, 3.63) is 28.2 Å². The molecule has 0 fully saturated rings. The predicted molar refractivity (Wildman–Crippen MR) is 72.4 cm³/mol. The largest absolute Gasteiger partial charge is 0.480 e. The van der Waals surface area contributed by atoms with Crippen LogP contribution in [0, 0.1) is 0 Å². The summed E-state index contributed by atoms with van der Waals surface area (Å²) in [7, 11) is 0. The average Bonchev–Trinajstić information content (AvgIpc) is 2.21. The van der Waals surface area contributed by atoms with Gasteiger partial charge in [0.2, 0.25) is 5.91 Å². The van der Waals surface area contributed by atoms with Crippen LogP contribution in [0.3, 0.4) is 0 Å². The van der Waals surface area contributed by atoms with Crippen molar-refractivity contribution < 1.29 is 14.7 Å². The molecule has 1 aromatic carbocycles. The maximum atomic E-state index is 10.9. The van der Waals surface area contributed by atoms with Crippen molar-refractivity contribution in [1.29, 1.82) is 0 Å². The zero-order valence-electron chi connectivity index (χ0n) is 9.44. The molecule has 0 radical (unpaired) electrons. The fourth-order valence-electron chi connectivity index (χ4n) is 1.21. The summed E-state index contributed by atoms with van der Waals surface area (Å²) in [4.78, 5) is 22.5. The van der Waals surface area contributed by atoms with E-state index in [-0.39, 0.29) is 11.7 Å². The fourth-order valence-corrected chi connectivity index (χ4v) is 2.87. The summed E-state index contributed by atoms with van der Waals surface area (Å²) in [5, 5.41) is 12.2. The molecule has 1 aromatic rings. The molecular weight excluding hydrogens is 297 g/mol. The number of amides is 1. The van der Waals surface area contributed by atoms with Crippen molar-refractivity contribution in [2.24, 2.45) is 0 Å². The van der Waals surface area contributed by atoms with Gasteiger partial charge in [-0.05, 0) is 18.2 Å². The van der Waals surface area contributed by atoms with Crippen LogP contribution < -0.4 is 5.32 Å². The van der Waals surface area contributed by atoms with Crippen LogP contribution in [-0.4, -0.2) is 28.8 Å². The number of carboxylic acids is 1. The topological polar surface area (TPSA) is 66.4 Å². The monoisotopic (exact) mass is 307 g/mol. The van der Waals surface area contributed by atoms with Gasteiger partial charge < -0.3 is 10.4 Å². The summed E-state index contributed by atoms with van der Waals surface area (Å²) in [6, 6.07) is 4.02. The molecular formula is C11H11Cl2NO3S. The molecule has 1 unspecified atom stereocenters. The summed E-state index contributed by atoms with van der Waals surface area (Å²) in [5.74, 6) is -1.26. The predicted octanol–water partition coefficient (Wildman–Crippen LogP) is 2.67. The number of hydrogen-bond donors (Lipinski definition) is 2. The average molecular weight is 308 g/mol. The van der Waals surface area contributed by atoms with E-state index < -0.39 is 12.0 Å². The van der Waals surface area contributed by atoms with Crippen molar-refractivity contribution in [2.45, 2.75) is 17.9 Å². The highest BCUT2D eigenvalue weighted by atomic mass is 35.5. The van der Waals surface area contributed by atoms with Crippen LogP contribution in [0.25, 0.3) is 0 Å². The van der Waals surface area contributed by atoms with E-state index in [0.29, 0.717) is 10.0 Å². The molecule has 0 aliphatic rings. The first-order chi connectivity index (χ1) is 8.38. The third-order valence-electron chi connectivity index (χ3n) is 1.93. The van der Waals surface area contributed by atoms with Gasteiger partial charge >= 0.3 is 5.97 Å². The Morgan fingerprint density at radius 3 is 2.33 bits per heavy atom. The van der Waals surface area contributed by atoms with Crippen LogP contribution in [0.5, 0.6) is 0 Å². The zero-order chi connectivity index (χ0) is 13.7. The summed E-state index contributed by atoms with van der Waals surface area (Å²) in [6.07, 6.45) is 0.